The number of rotatable bonds is 23. The SMILES string of the molecule is COOCCCNC(=O)CCC(=O)C(CC(C)C)NC(=O)C(CC(=O)CNC(=O)OCCOC(=O)ON1C(=O)CCC1=O)Cc1ccccc1. The van der Waals surface area contributed by atoms with Crippen molar-refractivity contribution in [1.82, 2.24) is 21.0 Å². The highest BCUT2D eigenvalue weighted by molar-refractivity contribution is 6.01. The van der Waals surface area contributed by atoms with E-state index in [1.54, 1.807) is 24.3 Å². The van der Waals surface area contributed by atoms with E-state index >= 15 is 0 Å². The lowest BCUT2D eigenvalue weighted by molar-refractivity contribution is -0.272. The first-order valence-electron chi connectivity index (χ1n) is 16.3. The molecule has 50 heavy (non-hydrogen) atoms. The predicted octanol–water partition coefficient (Wildman–Crippen LogP) is 1.71. The van der Waals surface area contributed by atoms with E-state index in [0.29, 0.717) is 31.1 Å². The van der Waals surface area contributed by atoms with Crippen molar-refractivity contribution in [3.8, 4) is 0 Å². The smallest absolute Gasteiger partial charge is 0.446 e. The average Bonchev–Trinajstić information content (AvgIpc) is 3.39. The highest BCUT2D eigenvalue weighted by Gasteiger charge is 2.33. The van der Waals surface area contributed by atoms with Gasteiger partial charge in [-0.1, -0.05) is 49.2 Å². The quantitative estimate of drug-likeness (QED) is 0.0486. The largest absolute Gasteiger partial charge is 0.534 e. The molecule has 2 rings (SSSR count). The van der Waals surface area contributed by atoms with Crippen molar-refractivity contribution in [3.63, 3.8) is 0 Å². The topological polar surface area (TPSA) is 222 Å². The summed E-state index contributed by atoms with van der Waals surface area (Å²) in [6.07, 6.45) is -1.87. The normalized spacial score (nSPS) is 13.7. The van der Waals surface area contributed by atoms with Crippen molar-refractivity contribution in [2.24, 2.45) is 11.8 Å². The van der Waals surface area contributed by atoms with Crippen LogP contribution in [-0.2, 0) is 59.3 Å². The molecule has 0 aliphatic carbocycles. The summed E-state index contributed by atoms with van der Waals surface area (Å²) in [6.45, 7) is 3.09. The maximum absolute atomic E-state index is 13.5. The molecule has 2 unspecified atom stereocenters. The lowest BCUT2D eigenvalue weighted by Gasteiger charge is -2.23. The summed E-state index contributed by atoms with van der Waals surface area (Å²) in [7, 11) is 1.38. The standard InChI is InChI=1S/C33H46N4O13/c1-22(2)18-26(27(39)10-11-28(40)34-14-7-15-49-46-3)36-31(43)24(19-23-8-5-4-6-9-23)20-25(38)21-35-32(44)47-16-17-48-33(45)50-37-29(41)12-13-30(37)42/h4-6,8-9,22,24,26H,7,10-21H2,1-3H3,(H,34,40)(H,35,44)(H,36,43). The molecule has 1 aromatic carbocycles. The number of ether oxygens (including phenoxy) is 2. The zero-order valence-electron chi connectivity index (χ0n) is 28.6. The molecule has 17 nitrogen and oxygen atoms in total. The van der Waals surface area contributed by atoms with Crippen molar-refractivity contribution in [2.45, 2.75) is 71.3 Å². The Morgan fingerprint density at radius 2 is 1.56 bits per heavy atom. The summed E-state index contributed by atoms with van der Waals surface area (Å²) < 4.78 is 9.52. The van der Waals surface area contributed by atoms with Gasteiger partial charge in [0.15, 0.2) is 11.6 Å². The van der Waals surface area contributed by atoms with Crippen LogP contribution in [-0.4, -0.2) is 98.6 Å². The van der Waals surface area contributed by atoms with Gasteiger partial charge in [-0.2, -0.15) is 0 Å². The predicted molar refractivity (Wildman–Crippen MR) is 172 cm³/mol. The van der Waals surface area contributed by atoms with Gasteiger partial charge < -0.3 is 25.4 Å². The second kappa shape index (κ2) is 22.7. The molecular weight excluding hydrogens is 660 g/mol. The molecule has 5 amide bonds. The van der Waals surface area contributed by atoms with Gasteiger partial charge in [-0.25, -0.2) is 19.4 Å². The van der Waals surface area contributed by atoms with E-state index in [2.05, 4.69) is 30.4 Å². The van der Waals surface area contributed by atoms with Crippen molar-refractivity contribution >= 4 is 47.4 Å². The minimum absolute atomic E-state index is 0.0396. The monoisotopic (exact) mass is 706 g/mol. The van der Waals surface area contributed by atoms with Crippen LogP contribution < -0.4 is 16.0 Å². The van der Waals surface area contributed by atoms with Gasteiger partial charge in [0.1, 0.15) is 13.2 Å². The van der Waals surface area contributed by atoms with E-state index < -0.39 is 67.5 Å². The highest BCUT2D eigenvalue weighted by atomic mass is 17.2. The number of benzene rings is 1. The van der Waals surface area contributed by atoms with Crippen molar-refractivity contribution < 1.29 is 62.4 Å². The first-order chi connectivity index (χ1) is 23.9. The number of hydroxylamine groups is 2. The van der Waals surface area contributed by atoms with Crippen molar-refractivity contribution in [2.75, 3.05) is 40.0 Å². The van der Waals surface area contributed by atoms with Crippen LogP contribution in [0.5, 0.6) is 0 Å². The molecule has 1 aromatic rings. The molecule has 3 N–H and O–H groups in total. The number of carbonyl (C=O) groups is 8. The molecule has 0 radical (unpaired) electrons. The molecular formula is C33H46N4O13. The van der Waals surface area contributed by atoms with Crippen LogP contribution in [0.25, 0.3) is 0 Å². The molecule has 17 heteroatoms. The molecule has 0 spiro atoms. The van der Waals surface area contributed by atoms with E-state index in [4.69, 9.17) is 9.62 Å². The molecule has 0 aromatic heterocycles. The molecule has 1 fully saturated rings. The molecule has 2 atom stereocenters. The second-order valence-corrected chi connectivity index (χ2v) is 11.7. The van der Waals surface area contributed by atoms with E-state index in [1.165, 1.54) is 7.11 Å². The van der Waals surface area contributed by atoms with Crippen LogP contribution in [0.3, 0.4) is 0 Å². The van der Waals surface area contributed by atoms with Gasteiger partial charge in [-0.15, -0.1) is 0 Å². The number of hydrogen-bond acceptors (Lipinski definition) is 13. The average molecular weight is 707 g/mol. The molecule has 0 saturated carbocycles. The minimum atomic E-state index is -1.33. The van der Waals surface area contributed by atoms with Crippen LogP contribution in [0.1, 0.15) is 64.4 Å². The zero-order valence-corrected chi connectivity index (χ0v) is 28.6. The van der Waals surface area contributed by atoms with E-state index in [-0.39, 0.29) is 56.1 Å². The lowest BCUT2D eigenvalue weighted by atomic mass is 9.91. The fourth-order valence-electron chi connectivity index (χ4n) is 4.72. The van der Waals surface area contributed by atoms with Crippen molar-refractivity contribution in [3.05, 3.63) is 35.9 Å². The number of ketones is 2. The number of carbonyl (C=O) groups excluding carboxylic acids is 8. The van der Waals surface area contributed by atoms with E-state index in [1.807, 2.05) is 19.9 Å². The third-order valence-corrected chi connectivity index (χ3v) is 7.16. The first kappa shape index (κ1) is 41.3. The molecule has 1 aliphatic rings. The Hall–Kier alpha value is -4.90. The Balaban J connectivity index is 1.88. The Morgan fingerprint density at radius 3 is 2.22 bits per heavy atom. The Morgan fingerprint density at radius 1 is 0.880 bits per heavy atom. The number of nitrogens with zero attached hydrogens (tertiary/aromatic N) is 1. The Bertz CT molecular complexity index is 1310. The number of imide groups is 1. The van der Waals surface area contributed by atoms with Gasteiger partial charge >= 0.3 is 12.2 Å². The minimum Gasteiger partial charge on any atom is -0.446 e. The van der Waals surface area contributed by atoms with Gasteiger partial charge in [0.2, 0.25) is 11.8 Å². The number of amides is 5. The fourth-order valence-corrected chi connectivity index (χ4v) is 4.72. The number of nitrogens with one attached hydrogen (secondary N) is 3. The summed E-state index contributed by atoms with van der Waals surface area (Å²) in [5, 5.41) is 8.07. The molecule has 1 saturated heterocycles. The van der Waals surface area contributed by atoms with E-state index in [9.17, 15) is 38.4 Å². The molecule has 1 aliphatic heterocycles. The van der Waals surface area contributed by atoms with Crippen LogP contribution in [0, 0.1) is 11.8 Å². The summed E-state index contributed by atoms with van der Waals surface area (Å²) >= 11 is 0. The lowest BCUT2D eigenvalue weighted by Crippen LogP contribution is -2.46. The number of Topliss-reactive ketones (excluding diaryl/α,β-unsaturated/α-hetero) is 2. The second-order valence-electron chi connectivity index (χ2n) is 11.7. The summed E-state index contributed by atoms with van der Waals surface area (Å²) in [6, 6.07) is 8.12. The van der Waals surface area contributed by atoms with Crippen LogP contribution in [0.2, 0.25) is 0 Å². The number of hydrogen-bond donors (Lipinski definition) is 3. The molecule has 0 bridgehead atoms. The molecule has 1 heterocycles. The zero-order chi connectivity index (χ0) is 36.9. The molecule has 276 valence electrons. The van der Waals surface area contributed by atoms with Gasteiger partial charge in [0.25, 0.3) is 11.8 Å². The third kappa shape index (κ3) is 16.5. The van der Waals surface area contributed by atoms with Gasteiger partial charge in [0.05, 0.1) is 26.3 Å². The summed E-state index contributed by atoms with van der Waals surface area (Å²) in [5.41, 5.74) is 0.782. The maximum atomic E-state index is 13.5. The fraction of sp³-hybridized carbons (Fsp3) is 0.576. The Labute approximate surface area is 289 Å². The maximum Gasteiger partial charge on any atom is 0.534 e. The highest BCUT2D eigenvalue weighted by Crippen LogP contribution is 2.16. The van der Waals surface area contributed by atoms with Crippen LogP contribution >= 0.6 is 0 Å². The van der Waals surface area contributed by atoms with E-state index in [0.717, 1.165) is 5.56 Å². The van der Waals surface area contributed by atoms with Gasteiger partial charge in [-0.05, 0) is 30.7 Å². The van der Waals surface area contributed by atoms with Crippen molar-refractivity contribution in [1.29, 1.82) is 0 Å². The summed E-state index contributed by atoms with van der Waals surface area (Å²) in [5.74, 6) is -3.84. The van der Waals surface area contributed by atoms with Gasteiger partial charge in [0, 0.05) is 44.6 Å². The van der Waals surface area contributed by atoms with Gasteiger partial charge in [-0.3, -0.25) is 33.6 Å². The number of alkyl carbamates (subject to hydrolysis) is 1. The van der Waals surface area contributed by atoms with Crippen LogP contribution in [0.4, 0.5) is 9.59 Å². The first-order valence-corrected chi connectivity index (χ1v) is 16.3. The Kier molecular flexibility index (Phi) is 18.7. The summed E-state index contributed by atoms with van der Waals surface area (Å²) in [4.78, 5) is 112. The van der Waals surface area contributed by atoms with Crippen LogP contribution in [0.15, 0.2) is 30.3 Å². The third-order valence-electron chi connectivity index (χ3n) is 7.16.